The molecule has 1 aromatic heterocycles. The fourth-order valence-electron chi connectivity index (χ4n) is 3.08. The highest BCUT2D eigenvalue weighted by molar-refractivity contribution is 9.10. The lowest BCUT2D eigenvalue weighted by molar-refractivity contribution is -0.150. The number of carbonyl (C=O) groups excluding carboxylic acids is 1. The predicted molar refractivity (Wildman–Crippen MR) is 131 cm³/mol. The molecule has 0 spiro atoms. The Labute approximate surface area is 204 Å². The summed E-state index contributed by atoms with van der Waals surface area (Å²) >= 11 is 9.79. The molecule has 0 radical (unpaired) electrons. The minimum absolute atomic E-state index is 0.209. The molecule has 0 aliphatic rings. The molecule has 0 N–H and O–H groups in total. The van der Waals surface area contributed by atoms with E-state index >= 15 is 0 Å². The number of fused-ring (bicyclic) bond motifs is 1. The van der Waals surface area contributed by atoms with Gasteiger partial charge in [0.15, 0.2) is 17.6 Å². The van der Waals surface area contributed by atoms with E-state index in [1.54, 1.807) is 38.1 Å². The average molecular weight is 537 g/mol. The van der Waals surface area contributed by atoms with E-state index in [2.05, 4.69) is 26.0 Å². The fourth-order valence-corrected chi connectivity index (χ4v) is 3.71. The molecule has 174 valence electrons. The molecule has 10 heteroatoms. The number of methoxy groups -OCH3 is 1. The van der Waals surface area contributed by atoms with E-state index in [9.17, 15) is 9.59 Å². The molecule has 0 aliphatic heterocycles. The number of esters is 1. The number of aryl methyl sites for hydroxylation is 1. The highest BCUT2D eigenvalue weighted by Crippen LogP contribution is 2.37. The van der Waals surface area contributed by atoms with Crippen LogP contribution in [0.4, 0.5) is 0 Å². The highest BCUT2D eigenvalue weighted by Gasteiger charge is 2.20. The van der Waals surface area contributed by atoms with Gasteiger partial charge in [0.05, 0.1) is 35.9 Å². The van der Waals surface area contributed by atoms with Gasteiger partial charge in [0.25, 0.3) is 5.56 Å². The number of ether oxygens (including phenoxy) is 3. The minimum atomic E-state index is -0.871. The van der Waals surface area contributed by atoms with E-state index in [0.717, 1.165) is 4.47 Å². The molecule has 0 aliphatic carbocycles. The predicted octanol–water partition coefficient (Wildman–Crippen LogP) is 4.60. The standard InChI is InChI=1S/C23H23BrClN3O5/c1-5-20-27-18-8-7-15(24)11-16(18)22(29)28(20)26-12-14-9-17(25)21(19(10-14)31-4)33-13(3)23(30)32-6-2/h7-13H,5-6H2,1-4H3/t13-/m1/s1. The maximum absolute atomic E-state index is 13.0. The van der Waals surface area contributed by atoms with Crippen LogP contribution in [0.1, 0.15) is 32.2 Å². The molecule has 0 unspecified atom stereocenters. The van der Waals surface area contributed by atoms with E-state index in [-0.39, 0.29) is 22.9 Å². The van der Waals surface area contributed by atoms with Crippen LogP contribution < -0.4 is 15.0 Å². The summed E-state index contributed by atoms with van der Waals surface area (Å²) in [4.78, 5) is 29.5. The van der Waals surface area contributed by atoms with Crippen LogP contribution in [0.25, 0.3) is 10.9 Å². The molecule has 8 nitrogen and oxygen atoms in total. The van der Waals surface area contributed by atoms with Crippen LogP contribution in [0.2, 0.25) is 5.02 Å². The van der Waals surface area contributed by atoms with Crippen molar-refractivity contribution in [2.24, 2.45) is 5.10 Å². The number of hydrogen-bond donors (Lipinski definition) is 0. The van der Waals surface area contributed by atoms with Crippen LogP contribution in [0.15, 0.2) is 44.7 Å². The molecule has 0 amide bonds. The summed E-state index contributed by atoms with van der Waals surface area (Å²) in [6.07, 6.45) is 1.13. The zero-order chi connectivity index (χ0) is 24.1. The van der Waals surface area contributed by atoms with Gasteiger partial charge in [-0.05, 0) is 49.7 Å². The van der Waals surface area contributed by atoms with Crippen molar-refractivity contribution in [1.82, 2.24) is 9.66 Å². The second-order valence-electron chi connectivity index (χ2n) is 6.95. The van der Waals surface area contributed by atoms with Gasteiger partial charge in [0.2, 0.25) is 0 Å². The van der Waals surface area contributed by atoms with Crippen molar-refractivity contribution in [2.45, 2.75) is 33.3 Å². The Morgan fingerprint density at radius 2 is 2.06 bits per heavy atom. The topological polar surface area (TPSA) is 92.0 Å². The molecule has 3 aromatic rings. The Kier molecular flexibility index (Phi) is 8.10. The summed E-state index contributed by atoms with van der Waals surface area (Å²) in [6, 6.07) is 8.58. The van der Waals surface area contributed by atoms with Gasteiger partial charge in [-0.15, -0.1) is 0 Å². The third-order valence-corrected chi connectivity index (χ3v) is 5.45. The summed E-state index contributed by atoms with van der Waals surface area (Å²) < 4.78 is 18.1. The number of rotatable bonds is 8. The lowest BCUT2D eigenvalue weighted by Gasteiger charge is -2.17. The quantitative estimate of drug-likeness (QED) is 0.309. The first kappa shape index (κ1) is 24.7. The molecule has 0 bridgehead atoms. The summed E-state index contributed by atoms with van der Waals surface area (Å²) in [7, 11) is 1.46. The number of halogens is 2. The molecular formula is C23H23BrClN3O5. The third-order valence-electron chi connectivity index (χ3n) is 4.68. The van der Waals surface area contributed by atoms with Crippen LogP contribution in [0.3, 0.4) is 0 Å². The van der Waals surface area contributed by atoms with Crippen molar-refractivity contribution < 1.29 is 19.0 Å². The van der Waals surface area contributed by atoms with E-state index in [1.807, 2.05) is 13.0 Å². The van der Waals surface area contributed by atoms with Gasteiger partial charge in [-0.2, -0.15) is 9.78 Å². The van der Waals surface area contributed by atoms with E-state index in [1.165, 1.54) is 18.0 Å². The van der Waals surface area contributed by atoms with Crippen LogP contribution in [-0.2, 0) is 16.0 Å². The van der Waals surface area contributed by atoms with Crippen molar-refractivity contribution in [1.29, 1.82) is 0 Å². The number of hydrogen-bond acceptors (Lipinski definition) is 7. The SMILES string of the molecule is CCOC(=O)[C@@H](C)Oc1c(Cl)cc(C=Nn2c(CC)nc3ccc(Br)cc3c2=O)cc1OC. The van der Waals surface area contributed by atoms with Crippen LogP contribution in [-0.4, -0.2) is 41.7 Å². The second-order valence-corrected chi connectivity index (χ2v) is 8.27. The normalized spacial score (nSPS) is 12.2. The van der Waals surface area contributed by atoms with Gasteiger partial charge in [-0.3, -0.25) is 4.79 Å². The smallest absolute Gasteiger partial charge is 0.347 e. The zero-order valence-electron chi connectivity index (χ0n) is 18.6. The fraction of sp³-hybridized carbons (Fsp3) is 0.304. The van der Waals surface area contributed by atoms with Gasteiger partial charge in [0.1, 0.15) is 5.82 Å². The van der Waals surface area contributed by atoms with Crippen LogP contribution in [0, 0.1) is 0 Å². The summed E-state index contributed by atoms with van der Waals surface area (Å²) in [5.74, 6) is 0.528. The van der Waals surface area contributed by atoms with Gasteiger partial charge in [-0.1, -0.05) is 34.5 Å². The van der Waals surface area contributed by atoms with Crippen molar-refractivity contribution in [3.8, 4) is 11.5 Å². The highest BCUT2D eigenvalue weighted by atomic mass is 79.9. The van der Waals surface area contributed by atoms with Gasteiger partial charge in [0, 0.05) is 10.9 Å². The molecule has 3 rings (SSSR count). The number of benzene rings is 2. The Morgan fingerprint density at radius 1 is 1.30 bits per heavy atom. The van der Waals surface area contributed by atoms with Gasteiger partial charge in [-0.25, -0.2) is 9.78 Å². The zero-order valence-corrected chi connectivity index (χ0v) is 20.9. The lowest BCUT2D eigenvalue weighted by Crippen LogP contribution is -2.26. The molecule has 33 heavy (non-hydrogen) atoms. The van der Waals surface area contributed by atoms with Crippen molar-refractivity contribution in [2.75, 3.05) is 13.7 Å². The first-order valence-electron chi connectivity index (χ1n) is 10.2. The Hall–Kier alpha value is -2.91. The van der Waals surface area contributed by atoms with Gasteiger partial charge < -0.3 is 14.2 Å². The molecule has 0 saturated carbocycles. The molecule has 1 heterocycles. The lowest BCUT2D eigenvalue weighted by atomic mass is 10.2. The monoisotopic (exact) mass is 535 g/mol. The van der Waals surface area contributed by atoms with Crippen molar-refractivity contribution in [3.05, 3.63) is 61.6 Å². The average Bonchev–Trinajstić information content (AvgIpc) is 2.80. The Bertz CT molecular complexity index is 1280. The molecule has 0 saturated heterocycles. The first-order chi connectivity index (χ1) is 15.8. The van der Waals surface area contributed by atoms with E-state index in [4.69, 9.17) is 25.8 Å². The number of carbonyl (C=O) groups is 1. The molecule has 1 atom stereocenters. The summed E-state index contributed by atoms with van der Waals surface area (Å²) in [5.41, 5.74) is 0.889. The minimum Gasteiger partial charge on any atom is -0.493 e. The van der Waals surface area contributed by atoms with Crippen LogP contribution >= 0.6 is 27.5 Å². The van der Waals surface area contributed by atoms with E-state index < -0.39 is 12.1 Å². The third kappa shape index (κ3) is 5.54. The molecular weight excluding hydrogens is 514 g/mol. The maximum Gasteiger partial charge on any atom is 0.347 e. The van der Waals surface area contributed by atoms with Gasteiger partial charge >= 0.3 is 5.97 Å². The van der Waals surface area contributed by atoms with Crippen LogP contribution in [0.5, 0.6) is 11.5 Å². The number of nitrogens with zero attached hydrogens (tertiary/aromatic N) is 3. The summed E-state index contributed by atoms with van der Waals surface area (Å²) in [6.45, 7) is 5.42. The Balaban J connectivity index is 1.98. The van der Waals surface area contributed by atoms with Crippen molar-refractivity contribution >= 4 is 50.6 Å². The van der Waals surface area contributed by atoms with Crippen molar-refractivity contribution in [3.63, 3.8) is 0 Å². The van der Waals surface area contributed by atoms with E-state index in [0.29, 0.717) is 34.5 Å². The summed E-state index contributed by atoms with van der Waals surface area (Å²) in [5, 5.41) is 5.03. The maximum atomic E-state index is 13.0. The molecule has 2 aromatic carbocycles. The Morgan fingerprint density at radius 3 is 2.73 bits per heavy atom. The second kappa shape index (κ2) is 10.8. The largest absolute Gasteiger partial charge is 0.493 e. The molecule has 0 fully saturated rings. The first-order valence-corrected chi connectivity index (χ1v) is 11.4. The number of aromatic nitrogens is 2.